The predicted molar refractivity (Wildman–Crippen MR) is 79.4 cm³/mol. The van der Waals surface area contributed by atoms with Gasteiger partial charge in [-0.2, -0.15) is 0 Å². The summed E-state index contributed by atoms with van der Waals surface area (Å²) in [6.45, 7) is 7.86. The third-order valence-corrected chi connectivity index (χ3v) is 3.94. The van der Waals surface area contributed by atoms with Crippen molar-refractivity contribution in [3.63, 3.8) is 0 Å². The minimum absolute atomic E-state index is 0.0979. The summed E-state index contributed by atoms with van der Waals surface area (Å²) in [4.78, 5) is 14.4. The number of likely N-dealkylation sites (tertiary alicyclic amines) is 1. The standard InChI is InChI=1S/C16H24N2O/c1-12-7-8-15(13(2)10-12)17-16(19)11-18-9-5-4-6-14(18)3/h7-8,10,14H,4-6,9,11H2,1-3H3,(H,17,19). The predicted octanol–water partition coefficient (Wildman–Crippen LogP) is 3.12. The van der Waals surface area contributed by atoms with Crippen molar-refractivity contribution in [3.8, 4) is 0 Å². The summed E-state index contributed by atoms with van der Waals surface area (Å²) in [6.07, 6.45) is 3.70. The number of nitrogens with one attached hydrogen (secondary N) is 1. The van der Waals surface area contributed by atoms with Crippen LogP contribution in [0.1, 0.15) is 37.3 Å². The molecule has 3 nitrogen and oxygen atoms in total. The maximum absolute atomic E-state index is 12.1. The molecule has 19 heavy (non-hydrogen) atoms. The molecule has 1 N–H and O–H groups in total. The van der Waals surface area contributed by atoms with E-state index in [2.05, 4.69) is 30.1 Å². The van der Waals surface area contributed by atoms with Crippen LogP contribution in [0, 0.1) is 13.8 Å². The summed E-state index contributed by atoms with van der Waals surface area (Å²) in [6, 6.07) is 6.65. The summed E-state index contributed by atoms with van der Waals surface area (Å²) in [5, 5.41) is 3.02. The number of nitrogens with zero attached hydrogens (tertiary/aromatic N) is 1. The lowest BCUT2D eigenvalue weighted by atomic mass is 10.0. The number of benzene rings is 1. The number of hydrogen-bond acceptors (Lipinski definition) is 2. The molecule has 0 bridgehead atoms. The molecule has 104 valence electrons. The van der Waals surface area contributed by atoms with E-state index in [4.69, 9.17) is 0 Å². The van der Waals surface area contributed by atoms with Gasteiger partial charge in [-0.25, -0.2) is 0 Å². The van der Waals surface area contributed by atoms with Crippen molar-refractivity contribution in [3.05, 3.63) is 29.3 Å². The van der Waals surface area contributed by atoms with Crippen molar-refractivity contribution in [2.75, 3.05) is 18.4 Å². The van der Waals surface area contributed by atoms with E-state index < -0.39 is 0 Å². The van der Waals surface area contributed by atoms with Crippen molar-refractivity contribution in [1.29, 1.82) is 0 Å². The zero-order valence-electron chi connectivity index (χ0n) is 12.2. The van der Waals surface area contributed by atoms with Crippen LogP contribution in [-0.2, 0) is 4.79 Å². The number of hydrogen-bond donors (Lipinski definition) is 1. The Morgan fingerprint density at radius 2 is 2.16 bits per heavy atom. The van der Waals surface area contributed by atoms with Crippen LogP contribution in [-0.4, -0.2) is 29.9 Å². The molecule has 0 spiro atoms. The fourth-order valence-electron chi connectivity index (χ4n) is 2.72. The molecule has 1 unspecified atom stereocenters. The lowest BCUT2D eigenvalue weighted by molar-refractivity contribution is -0.118. The van der Waals surface area contributed by atoms with Gasteiger partial charge in [0.15, 0.2) is 0 Å². The second-order valence-corrected chi connectivity index (χ2v) is 5.68. The van der Waals surface area contributed by atoms with Crippen molar-refractivity contribution in [1.82, 2.24) is 4.90 Å². The first kappa shape index (κ1) is 14.1. The number of rotatable bonds is 3. The third-order valence-electron chi connectivity index (χ3n) is 3.94. The topological polar surface area (TPSA) is 32.3 Å². The van der Waals surface area contributed by atoms with Gasteiger partial charge in [-0.05, 0) is 51.8 Å². The molecule has 1 atom stereocenters. The first-order chi connectivity index (χ1) is 9.06. The van der Waals surface area contributed by atoms with E-state index in [1.165, 1.54) is 24.8 Å². The average molecular weight is 260 g/mol. The van der Waals surface area contributed by atoms with Gasteiger partial charge in [-0.15, -0.1) is 0 Å². The van der Waals surface area contributed by atoms with E-state index in [0.29, 0.717) is 12.6 Å². The summed E-state index contributed by atoms with van der Waals surface area (Å²) in [5.74, 6) is 0.0979. The van der Waals surface area contributed by atoms with E-state index in [9.17, 15) is 4.79 Å². The van der Waals surface area contributed by atoms with Crippen LogP contribution in [0.15, 0.2) is 18.2 Å². The summed E-state index contributed by atoms with van der Waals surface area (Å²) in [5.41, 5.74) is 3.28. The Hall–Kier alpha value is -1.35. The normalized spacial score (nSPS) is 20.3. The van der Waals surface area contributed by atoms with Crippen LogP contribution in [0.4, 0.5) is 5.69 Å². The molecule has 1 aromatic rings. The first-order valence-corrected chi connectivity index (χ1v) is 7.17. The maximum Gasteiger partial charge on any atom is 0.238 e. The molecule has 1 fully saturated rings. The molecule has 1 aliphatic heterocycles. The highest BCUT2D eigenvalue weighted by atomic mass is 16.2. The van der Waals surface area contributed by atoms with Gasteiger partial charge in [0.2, 0.25) is 5.91 Å². The van der Waals surface area contributed by atoms with Crippen molar-refractivity contribution < 1.29 is 4.79 Å². The highest BCUT2D eigenvalue weighted by Gasteiger charge is 2.20. The Morgan fingerprint density at radius 3 is 2.84 bits per heavy atom. The Bertz CT molecular complexity index is 456. The summed E-state index contributed by atoms with van der Waals surface area (Å²) >= 11 is 0. The fraction of sp³-hybridized carbons (Fsp3) is 0.562. The molecule has 1 heterocycles. The van der Waals surface area contributed by atoms with Gasteiger partial charge in [0.1, 0.15) is 0 Å². The van der Waals surface area contributed by atoms with Crippen LogP contribution in [0.5, 0.6) is 0 Å². The summed E-state index contributed by atoms with van der Waals surface area (Å²) < 4.78 is 0. The van der Waals surface area contributed by atoms with Gasteiger partial charge in [0, 0.05) is 11.7 Å². The van der Waals surface area contributed by atoms with Gasteiger partial charge in [0.25, 0.3) is 0 Å². The molecule has 3 heteroatoms. The molecule has 0 saturated carbocycles. The van der Waals surface area contributed by atoms with Gasteiger partial charge >= 0.3 is 0 Å². The van der Waals surface area contributed by atoms with Gasteiger partial charge < -0.3 is 5.32 Å². The second-order valence-electron chi connectivity index (χ2n) is 5.68. The minimum atomic E-state index is 0.0979. The minimum Gasteiger partial charge on any atom is -0.325 e. The molecule has 0 aliphatic carbocycles. The number of carbonyl (C=O) groups is 1. The first-order valence-electron chi connectivity index (χ1n) is 7.17. The number of anilines is 1. The van der Waals surface area contributed by atoms with Crippen LogP contribution in [0.2, 0.25) is 0 Å². The molecular formula is C16H24N2O. The average Bonchev–Trinajstić information content (AvgIpc) is 2.36. The van der Waals surface area contributed by atoms with Crippen LogP contribution in [0.25, 0.3) is 0 Å². The Morgan fingerprint density at radius 1 is 1.37 bits per heavy atom. The van der Waals surface area contributed by atoms with Crippen LogP contribution < -0.4 is 5.32 Å². The lowest BCUT2D eigenvalue weighted by Crippen LogP contribution is -2.42. The van der Waals surface area contributed by atoms with Gasteiger partial charge in [-0.1, -0.05) is 24.1 Å². The van der Waals surface area contributed by atoms with E-state index >= 15 is 0 Å². The number of carbonyl (C=O) groups excluding carboxylic acids is 1. The van der Waals surface area contributed by atoms with E-state index in [1.807, 2.05) is 19.1 Å². The van der Waals surface area contributed by atoms with E-state index in [-0.39, 0.29) is 5.91 Å². The molecule has 0 aromatic heterocycles. The zero-order valence-corrected chi connectivity index (χ0v) is 12.2. The molecule has 2 rings (SSSR count). The molecule has 1 aromatic carbocycles. The summed E-state index contributed by atoms with van der Waals surface area (Å²) in [7, 11) is 0. The largest absolute Gasteiger partial charge is 0.325 e. The Kier molecular flexibility index (Phi) is 4.59. The number of piperidine rings is 1. The highest BCUT2D eigenvalue weighted by Crippen LogP contribution is 2.18. The van der Waals surface area contributed by atoms with Crippen molar-refractivity contribution in [2.24, 2.45) is 0 Å². The lowest BCUT2D eigenvalue weighted by Gasteiger charge is -2.32. The van der Waals surface area contributed by atoms with Crippen molar-refractivity contribution >= 4 is 11.6 Å². The fourth-order valence-corrected chi connectivity index (χ4v) is 2.72. The monoisotopic (exact) mass is 260 g/mol. The van der Waals surface area contributed by atoms with Crippen molar-refractivity contribution in [2.45, 2.75) is 46.1 Å². The smallest absolute Gasteiger partial charge is 0.238 e. The number of amides is 1. The van der Waals surface area contributed by atoms with Crippen LogP contribution in [0.3, 0.4) is 0 Å². The molecule has 0 radical (unpaired) electrons. The quantitative estimate of drug-likeness (QED) is 0.905. The Balaban J connectivity index is 1.93. The molecule has 1 saturated heterocycles. The highest BCUT2D eigenvalue weighted by molar-refractivity contribution is 5.93. The van der Waals surface area contributed by atoms with Crippen LogP contribution >= 0.6 is 0 Å². The zero-order chi connectivity index (χ0) is 13.8. The van der Waals surface area contributed by atoms with E-state index in [1.54, 1.807) is 0 Å². The van der Waals surface area contributed by atoms with Gasteiger partial charge in [-0.3, -0.25) is 9.69 Å². The van der Waals surface area contributed by atoms with E-state index in [0.717, 1.165) is 17.8 Å². The maximum atomic E-state index is 12.1. The molecular weight excluding hydrogens is 236 g/mol. The third kappa shape index (κ3) is 3.80. The van der Waals surface area contributed by atoms with Gasteiger partial charge in [0.05, 0.1) is 6.54 Å². The SMILES string of the molecule is Cc1ccc(NC(=O)CN2CCCCC2C)c(C)c1. The molecule has 1 amide bonds. The number of aryl methyl sites for hydroxylation is 2. The second kappa shape index (κ2) is 6.20. The Labute approximate surface area is 116 Å². The molecule has 1 aliphatic rings.